The van der Waals surface area contributed by atoms with E-state index in [9.17, 15) is 4.79 Å². The van der Waals surface area contributed by atoms with E-state index in [1.165, 1.54) is 12.8 Å². The normalized spacial score (nSPS) is 27.7. The topological polar surface area (TPSA) is 60.9 Å². The van der Waals surface area contributed by atoms with Crippen molar-refractivity contribution >= 4 is 16.9 Å². The summed E-state index contributed by atoms with van der Waals surface area (Å²) < 4.78 is 17.4. The lowest BCUT2D eigenvalue weighted by Crippen LogP contribution is -2.63. The number of para-hydroxylation sites is 1. The van der Waals surface area contributed by atoms with Crippen molar-refractivity contribution in [3.8, 4) is 11.5 Å². The Morgan fingerprint density at radius 1 is 1.20 bits per heavy atom. The van der Waals surface area contributed by atoms with Gasteiger partial charge >= 0.3 is 5.97 Å². The molecular formula is C29H32N2O4. The number of fused-ring (bicyclic) bond motifs is 5. The van der Waals surface area contributed by atoms with Crippen LogP contribution < -0.4 is 9.47 Å². The molecule has 6 nitrogen and oxygen atoms in total. The Bertz CT molecular complexity index is 1260. The zero-order valence-corrected chi connectivity index (χ0v) is 20.4. The number of aromatic nitrogens is 1. The van der Waals surface area contributed by atoms with Gasteiger partial charge in [0.25, 0.3) is 0 Å². The van der Waals surface area contributed by atoms with Gasteiger partial charge in [-0.1, -0.05) is 37.6 Å². The highest BCUT2D eigenvalue weighted by molar-refractivity contribution is 5.83. The monoisotopic (exact) mass is 472 g/mol. The first-order valence-corrected chi connectivity index (χ1v) is 12.7. The summed E-state index contributed by atoms with van der Waals surface area (Å²) in [5.41, 5.74) is 2.56. The molecule has 3 saturated heterocycles. The minimum atomic E-state index is -0.377. The largest absolute Gasteiger partial charge is 0.455 e. The van der Waals surface area contributed by atoms with Gasteiger partial charge in [-0.25, -0.2) is 0 Å². The van der Waals surface area contributed by atoms with Crippen LogP contribution in [0.1, 0.15) is 50.3 Å². The third kappa shape index (κ3) is 3.94. The fourth-order valence-electron chi connectivity index (χ4n) is 6.47. The van der Waals surface area contributed by atoms with Gasteiger partial charge in [0.15, 0.2) is 11.5 Å². The molecule has 5 heterocycles. The third-order valence-corrected chi connectivity index (χ3v) is 8.38. The van der Waals surface area contributed by atoms with Crippen LogP contribution in [0, 0.1) is 11.8 Å². The molecule has 3 fully saturated rings. The van der Waals surface area contributed by atoms with Crippen molar-refractivity contribution in [1.29, 1.82) is 0 Å². The average Bonchev–Trinajstić information content (AvgIpc) is 3.35. The van der Waals surface area contributed by atoms with E-state index >= 15 is 0 Å². The molecule has 2 bridgehead atoms. The van der Waals surface area contributed by atoms with Gasteiger partial charge in [-0.15, -0.1) is 0 Å². The van der Waals surface area contributed by atoms with Gasteiger partial charge in [0.1, 0.15) is 6.10 Å². The maximum Gasteiger partial charge on any atom is 0.310 e. The van der Waals surface area contributed by atoms with E-state index in [0.717, 1.165) is 47.5 Å². The second kappa shape index (κ2) is 8.83. The summed E-state index contributed by atoms with van der Waals surface area (Å²) in [4.78, 5) is 20.6. The first-order chi connectivity index (χ1) is 17.0. The molecule has 0 spiro atoms. The molecule has 7 rings (SSSR count). The van der Waals surface area contributed by atoms with E-state index in [1.807, 2.05) is 48.7 Å². The van der Waals surface area contributed by atoms with Gasteiger partial charge in [0, 0.05) is 23.7 Å². The first kappa shape index (κ1) is 22.4. The summed E-state index contributed by atoms with van der Waals surface area (Å²) in [5, 5.41) is 1.05. The minimum absolute atomic E-state index is 0.188. The van der Waals surface area contributed by atoms with Crippen molar-refractivity contribution in [3.05, 3.63) is 65.9 Å². The number of nitrogens with zero attached hydrogens (tertiary/aromatic N) is 2. The van der Waals surface area contributed by atoms with Gasteiger partial charge in [0.05, 0.1) is 17.5 Å². The smallest absolute Gasteiger partial charge is 0.310 e. The lowest BCUT2D eigenvalue weighted by molar-refractivity contribution is -0.170. The molecule has 2 aromatic carbocycles. The molecule has 0 radical (unpaired) electrons. The zero-order valence-electron chi connectivity index (χ0n) is 20.4. The number of ether oxygens (including phenoxy) is 3. The number of hydrogen-bond acceptors (Lipinski definition) is 6. The van der Waals surface area contributed by atoms with E-state index in [1.54, 1.807) is 0 Å². The first-order valence-electron chi connectivity index (χ1n) is 12.7. The fourth-order valence-corrected chi connectivity index (χ4v) is 6.47. The number of esters is 1. The van der Waals surface area contributed by atoms with Gasteiger partial charge in [-0.05, 0) is 68.0 Å². The van der Waals surface area contributed by atoms with Crippen LogP contribution in [0.3, 0.4) is 0 Å². The number of benzene rings is 2. The Morgan fingerprint density at radius 2 is 2.06 bits per heavy atom. The Balaban J connectivity index is 1.34. The van der Waals surface area contributed by atoms with Gasteiger partial charge in [-0.2, -0.15) is 0 Å². The highest BCUT2D eigenvalue weighted by Crippen LogP contribution is 2.50. The second-order valence-electron chi connectivity index (χ2n) is 10.4. The molecule has 35 heavy (non-hydrogen) atoms. The lowest BCUT2D eigenvalue weighted by Gasteiger charge is -2.58. The van der Waals surface area contributed by atoms with Crippen molar-refractivity contribution in [2.45, 2.75) is 51.2 Å². The molecule has 5 atom stereocenters. The Morgan fingerprint density at radius 3 is 2.89 bits per heavy atom. The fraction of sp³-hybridized carbons (Fsp3) is 0.448. The summed E-state index contributed by atoms with van der Waals surface area (Å²) in [5.74, 6) is 2.55. The molecule has 0 aliphatic carbocycles. The van der Waals surface area contributed by atoms with Crippen molar-refractivity contribution in [2.75, 3.05) is 19.9 Å². The molecular weight excluding hydrogens is 440 g/mol. The molecule has 6 heteroatoms. The number of hydrogen-bond donors (Lipinski definition) is 0. The van der Waals surface area contributed by atoms with E-state index in [0.29, 0.717) is 17.4 Å². The second-order valence-corrected chi connectivity index (χ2v) is 10.4. The molecule has 4 aliphatic heterocycles. The van der Waals surface area contributed by atoms with Crippen LogP contribution in [0.5, 0.6) is 11.5 Å². The van der Waals surface area contributed by atoms with Crippen LogP contribution in [-0.4, -0.2) is 41.3 Å². The molecule has 182 valence electrons. The summed E-state index contributed by atoms with van der Waals surface area (Å²) in [6, 6.07) is 15.8. The van der Waals surface area contributed by atoms with E-state index in [4.69, 9.17) is 14.2 Å². The summed E-state index contributed by atoms with van der Waals surface area (Å²) in [6.45, 7) is 6.92. The van der Waals surface area contributed by atoms with Crippen LogP contribution >= 0.6 is 0 Å². The SMILES string of the molecule is CC[C@H]1CN2CC[C@H]1C[C@@]2(C)[C@H](OC(=O)Cc1ccc2c(c1)OCO2)c1ccnc2ccccc12. The molecule has 0 N–H and O–H groups in total. The zero-order chi connectivity index (χ0) is 24.0. The molecule has 1 unspecified atom stereocenters. The van der Waals surface area contributed by atoms with Crippen LogP contribution in [0.15, 0.2) is 54.7 Å². The summed E-state index contributed by atoms with van der Waals surface area (Å²) in [7, 11) is 0. The van der Waals surface area contributed by atoms with Crippen LogP contribution in [0.2, 0.25) is 0 Å². The van der Waals surface area contributed by atoms with Crippen LogP contribution in [-0.2, 0) is 16.0 Å². The third-order valence-electron chi connectivity index (χ3n) is 8.38. The molecule has 1 aromatic heterocycles. The number of piperidine rings is 3. The quantitative estimate of drug-likeness (QED) is 0.454. The Hall–Kier alpha value is -3.12. The minimum Gasteiger partial charge on any atom is -0.455 e. The molecule has 0 amide bonds. The van der Waals surface area contributed by atoms with E-state index in [-0.39, 0.29) is 30.8 Å². The number of pyridine rings is 1. The van der Waals surface area contributed by atoms with Crippen molar-refractivity contribution in [1.82, 2.24) is 9.88 Å². The predicted octanol–water partition coefficient (Wildman–Crippen LogP) is 5.30. The number of rotatable bonds is 6. The predicted molar refractivity (Wildman–Crippen MR) is 133 cm³/mol. The highest BCUT2D eigenvalue weighted by atomic mass is 16.7. The molecule has 3 aromatic rings. The van der Waals surface area contributed by atoms with E-state index < -0.39 is 0 Å². The van der Waals surface area contributed by atoms with Gasteiger partial charge in [0.2, 0.25) is 6.79 Å². The number of carbonyl (C=O) groups is 1. The van der Waals surface area contributed by atoms with Crippen molar-refractivity contribution in [2.24, 2.45) is 11.8 Å². The standard InChI is InChI=1S/C29H32N2O4/c1-3-20-17-31-13-11-21(20)16-29(31,2)28(23-10-12-30-24-7-5-4-6-22(23)24)35-27(32)15-19-8-9-25-26(14-19)34-18-33-25/h4-10,12,14,20-21,28H,3,11,13,15-18H2,1-2H3/t20-,21-,28+,29-/m0/s1. The maximum atomic E-state index is 13.4. The van der Waals surface area contributed by atoms with Crippen LogP contribution in [0.4, 0.5) is 0 Å². The van der Waals surface area contributed by atoms with Crippen LogP contribution in [0.25, 0.3) is 10.9 Å². The van der Waals surface area contributed by atoms with Crippen molar-refractivity contribution in [3.63, 3.8) is 0 Å². The van der Waals surface area contributed by atoms with Gasteiger partial charge in [-0.3, -0.25) is 14.7 Å². The van der Waals surface area contributed by atoms with E-state index in [2.05, 4.69) is 29.8 Å². The van der Waals surface area contributed by atoms with Gasteiger partial charge < -0.3 is 14.2 Å². The number of carbonyl (C=O) groups excluding carboxylic acids is 1. The lowest BCUT2D eigenvalue weighted by atomic mass is 9.66. The average molecular weight is 473 g/mol. The summed E-state index contributed by atoms with van der Waals surface area (Å²) >= 11 is 0. The summed E-state index contributed by atoms with van der Waals surface area (Å²) in [6.07, 6.45) is 5.10. The maximum absolute atomic E-state index is 13.4. The molecule has 0 saturated carbocycles. The Labute approximate surface area is 206 Å². The van der Waals surface area contributed by atoms with Crippen molar-refractivity contribution < 1.29 is 19.0 Å². The highest BCUT2D eigenvalue weighted by Gasteiger charge is 2.52. The molecule has 4 aliphatic rings. The Kier molecular flexibility index (Phi) is 5.64.